The third-order valence-electron chi connectivity index (χ3n) is 4.02. The molecule has 0 saturated carbocycles. The molecule has 1 amide bonds. The highest BCUT2D eigenvalue weighted by molar-refractivity contribution is 5.98. The fourth-order valence-corrected chi connectivity index (χ4v) is 2.54. The number of amides is 1. The Morgan fingerprint density at radius 1 is 1.21 bits per heavy atom. The number of alkyl halides is 3. The summed E-state index contributed by atoms with van der Waals surface area (Å²) < 4.78 is 31.7. The number of hydrogen-bond acceptors (Lipinski definition) is 4. The number of aliphatic carboxylic acids is 1. The summed E-state index contributed by atoms with van der Waals surface area (Å²) in [5.74, 6) is -2.77. The first-order valence-corrected chi connectivity index (χ1v) is 8.95. The lowest BCUT2D eigenvalue weighted by Crippen LogP contribution is -2.36. The van der Waals surface area contributed by atoms with E-state index < -0.39 is 12.1 Å². The van der Waals surface area contributed by atoms with Crippen molar-refractivity contribution in [3.05, 3.63) is 45.7 Å². The quantitative estimate of drug-likeness (QED) is 0.630. The van der Waals surface area contributed by atoms with Gasteiger partial charge in [-0.15, -0.1) is 0 Å². The smallest absolute Gasteiger partial charge is 0.475 e. The number of aryl methyl sites for hydroxylation is 1. The van der Waals surface area contributed by atoms with E-state index in [2.05, 4.69) is 10.3 Å². The number of rotatable bonds is 6. The highest BCUT2D eigenvalue weighted by atomic mass is 19.4. The summed E-state index contributed by atoms with van der Waals surface area (Å²) in [6, 6.07) is 7.05. The largest absolute Gasteiger partial charge is 0.490 e. The number of nitrogens with zero attached hydrogens (tertiary/aromatic N) is 1. The number of pyridine rings is 1. The minimum absolute atomic E-state index is 0.00958. The number of fused-ring (bicyclic) bond motifs is 1. The third-order valence-corrected chi connectivity index (χ3v) is 4.02. The van der Waals surface area contributed by atoms with Crippen LogP contribution in [0.2, 0.25) is 0 Å². The molecule has 1 aromatic carbocycles. The predicted octanol–water partition coefficient (Wildman–Crippen LogP) is 2.54. The molecule has 160 valence electrons. The first kappa shape index (κ1) is 24.2. The van der Waals surface area contributed by atoms with Crippen molar-refractivity contribution < 1.29 is 27.9 Å². The molecular formula is C19H24F3N3O4. The number of nitrogens with one attached hydrogen (secondary N) is 2. The van der Waals surface area contributed by atoms with Gasteiger partial charge in [-0.05, 0) is 38.1 Å². The molecule has 0 fully saturated rings. The van der Waals surface area contributed by atoms with E-state index >= 15 is 0 Å². The molecule has 0 atom stereocenters. The van der Waals surface area contributed by atoms with E-state index in [1.807, 2.05) is 32.9 Å². The normalized spacial score (nSPS) is 11.0. The molecule has 3 N–H and O–H groups in total. The van der Waals surface area contributed by atoms with Crippen molar-refractivity contribution in [2.45, 2.75) is 26.9 Å². The number of H-pyrrole nitrogens is 1. The Kier molecular flexibility index (Phi) is 8.84. The molecule has 0 aliphatic heterocycles. The number of carboxylic acid groups (broad SMARTS) is 1. The van der Waals surface area contributed by atoms with Crippen molar-refractivity contribution in [3.8, 4) is 0 Å². The van der Waals surface area contributed by atoms with Crippen LogP contribution in [0, 0.1) is 6.92 Å². The van der Waals surface area contributed by atoms with E-state index in [4.69, 9.17) is 9.90 Å². The van der Waals surface area contributed by atoms with Crippen molar-refractivity contribution >= 4 is 22.8 Å². The number of aromatic nitrogens is 1. The third kappa shape index (κ3) is 7.22. The summed E-state index contributed by atoms with van der Waals surface area (Å²) in [4.78, 5) is 37.7. The van der Waals surface area contributed by atoms with Gasteiger partial charge < -0.3 is 20.3 Å². The average Bonchev–Trinajstić information content (AvgIpc) is 2.64. The zero-order valence-corrected chi connectivity index (χ0v) is 16.4. The van der Waals surface area contributed by atoms with E-state index in [1.165, 1.54) is 0 Å². The highest BCUT2D eigenvalue weighted by Crippen LogP contribution is 2.17. The summed E-state index contributed by atoms with van der Waals surface area (Å²) in [6.07, 6.45) is -5.08. The SMILES string of the molecule is CCNCCN(CC)C(=O)c1ccc2c(C)cc(=O)[nH]c2c1.O=C(O)C(F)(F)F. The number of hydrogen-bond donors (Lipinski definition) is 3. The van der Waals surface area contributed by atoms with Crippen LogP contribution in [0.1, 0.15) is 29.8 Å². The van der Waals surface area contributed by atoms with Gasteiger partial charge in [-0.25, -0.2) is 4.79 Å². The van der Waals surface area contributed by atoms with Crippen LogP contribution >= 0.6 is 0 Å². The minimum atomic E-state index is -5.08. The van der Waals surface area contributed by atoms with Crippen LogP contribution < -0.4 is 10.9 Å². The highest BCUT2D eigenvalue weighted by Gasteiger charge is 2.38. The first-order valence-electron chi connectivity index (χ1n) is 8.95. The lowest BCUT2D eigenvalue weighted by molar-refractivity contribution is -0.192. The van der Waals surface area contributed by atoms with E-state index in [9.17, 15) is 22.8 Å². The Morgan fingerprint density at radius 2 is 1.83 bits per heavy atom. The summed E-state index contributed by atoms with van der Waals surface area (Å²) in [6.45, 7) is 8.91. The van der Waals surface area contributed by atoms with E-state index in [0.717, 1.165) is 24.0 Å². The van der Waals surface area contributed by atoms with E-state index in [0.29, 0.717) is 24.2 Å². The second-order valence-electron chi connectivity index (χ2n) is 6.12. The standard InChI is InChI=1S/C17H23N3O2.C2HF3O2/c1-4-18-8-9-20(5-2)17(22)13-6-7-14-12(3)10-16(21)19-15(14)11-13;3-2(4,5)1(6)7/h6-7,10-11,18H,4-5,8-9H2,1-3H3,(H,19,21);(H,6,7). The monoisotopic (exact) mass is 415 g/mol. The molecule has 2 rings (SSSR count). The number of carboxylic acids is 1. The Labute approximate surface area is 165 Å². The lowest BCUT2D eigenvalue weighted by atomic mass is 10.1. The molecule has 0 aliphatic carbocycles. The van der Waals surface area contributed by atoms with Crippen molar-refractivity contribution in [1.82, 2.24) is 15.2 Å². The van der Waals surface area contributed by atoms with Gasteiger partial charge in [0.05, 0.1) is 0 Å². The molecule has 0 aliphatic rings. The zero-order chi connectivity index (χ0) is 22.2. The van der Waals surface area contributed by atoms with Gasteiger partial charge in [-0.1, -0.05) is 13.0 Å². The summed E-state index contributed by atoms with van der Waals surface area (Å²) >= 11 is 0. The number of likely N-dealkylation sites (N-methyl/N-ethyl adjacent to an activating group) is 2. The summed E-state index contributed by atoms with van der Waals surface area (Å²) in [5, 5.41) is 11.3. The van der Waals surface area contributed by atoms with Crippen LogP contribution in [0.15, 0.2) is 29.1 Å². The van der Waals surface area contributed by atoms with Gasteiger partial charge in [0, 0.05) is 42.2 Å². The number of carbonyl (C=O) groups is 2. The van der Waals surface area contributed by atoms with Crippen LogP contribution in [0.4, 0.5) is 13.2 Å². The minimum Gasteiger partial charge on any atom is -0.475 e. The van der Waals surface area contributed by atoms with Crippen LogP contribution in [0.25, 0.3) is 10.9 Å². The van der Waals surface area contributed by atoms with E-state index in [1.54, 1.807) is 17.0 Å². The summed E-state index contributed by atoms with van der Waals surface area (Å²) in [7, 11) is 0. The number of aromatic amines is 1. The molecule has 0 spiro atoms. The predicted molar refractivity (Wildman–Crippen MR) is 103 cm³/mol. The molecule has 0 radical (unpaired) electrons. The number of benzene rings is 1. The number of halogens is 3. The fourth-order valence-electron chi connectivity index (χ4n) is 2.54. The van der Waals surface area contributed by atoms with Gasteiger partial charge in [0.1, 0.15) is 0 Å². The molecule has 10 heteroatoms. The molecule has 29 heavy (non-hydrogen) atoms. The molecule has 0 saturated heterocycles. The van der Waals surface area contributed by atoms with Gasteiger partial charge >= 0.3 is 12.1 Å². The molecule has 0 bridgehead atoms. The Balaban J connectivity index is 0.000000516. The zero-order valence-electron chi connectivity index (χ0n) is 16.4. The Hall–Kier alpha value is -2.88. The molecule has 0 unspecified atom stereocenters. The van der Waals surface area contributed by atoms with Crippen LogP contribution in [-0.2, 0) is 4.79 Å². The van der Waals surface area contributed by atoms with Crippen LogP contribution in [0.3, 0.4) is 0 Å². The average molecular weight is 415 g/mol. The Bertz CT molecular complexity index is 910. The van der Waals surface area contributed by atoms with E-state index in [-0.39, 0.29) is 11.5 Å². The molecule has 2 aromatic rings. The van der Waals surface area contributed by atoms with Crippen molar-refractivity contribution in [2.24, 2.45) is 0 Å². The fraction of sp³-hybridized carbons (Fsp3) is 0.421. The maximum absolute atomic E-state index is 12.6. The lowest BCUT2D eigenvalue weighted by Gasteiger charge is -2.21. The Morgan fingerprint density at radius 3 is 2.34 bits per heavy atom. The molecule has 7 nitrogen and oxygen atoms in total. The molecule has 1 aromatic heterocycles. The molecular weight excluding hydrogens is 391 g/mol. The van der Waals surface area contributed by atoms with Crippen molar-refractivity contribution in [3.63, 3.8) is 0 Å². The van der Waals surface area contributed by atoms with Gasteiger partial charge in [0.25, 0.3) is 5.91 Å². The number of carbonyl (C=O) groups excluding carboxylic acids is 1. The topological polar surface area (TPSA) is 103 Å². The van der Waals surface area contributed by atoms with Gasteiger partial charge in [0.15, 0.2) is 0 Å². The maximum atomic E-state index is 12.6. The second-order valence-corrected chi connectivity index (χ2v) is 6.12. The van der Waals surface area contributed by atoms with Gasteiger partial charge in [0.2, 0.25) is 5.56 Å². The van der Waals surface area contributed by atoms with Crippen LogP contribution in [0.5, 0.6) is 0 Å². The van der Waals surface area contributed by atoms with Gasteiger partial charge in [-0.2, -0.15) is 13.2 Å². The second kappa shape index (κ2) is 10.6. The first-order chi connectivity index (χ1) is 13.5. The van der Waals surface area contributed by atoms with Crippen molar-refractivity contribution in [1.29, 1.82) is 0 Å². The van der Waals surface area contributed by atoms with Crippen LogP contribution in [-0.4, -0.2) is 59.2 Å². The molecule has 1 heterocycles. The maximum Gasteiger partial charge on any atom is 0.490 e. The van der Waals surface area contributed by atoms with Gasteiger partial charge in [-0.3, -0.25) is 9.59 Å². The summed E-state index contributed by atoms with van der Waals surface area (Å²) in [5.41, 5.74) is 2.08. The van der Waals surface area contributed by atoms with Crippen molar-refractivity contribution in [2.75, 3.05) is 26.2 Å².